The summed E-state index contributed by atoms with van der Waals surface area (Å²) < 4.78 is 0. The molecule has 20 heavy (non-hydrogen) atoms. The van der Waals surface area contributed by atoms with E-state index in [0.29, 0.717) is 0 Å². The standard InChI is InChI=1S/C18H22N2/c1-2-18(19)15-7-9-17(10-8-15)20-12-11-14-5-3-4-6-16(14)13-20/h3-10,18H,2,11-13,19H2,1H3/t18-/m0/s1. The molecule has 0 saturated carbocycles. The second-order valence-electron chi connectivity index (χ2n) is 5.55. The summed E-state index contributed by atoms with van der Waals surface area (Å²) in [6, 6.07) is 17.7. The van der Waals surface area contributed by atoms with Gasteiger partial charge in [-0.25, -0.2) is 0 Å². The quantitative estimate of drug-likeness (QED) is 0.918. The molecule has 104 valence electrons. The van der Waals surface area contributed by atoms with E-state index >= 15 is 0 Å². The lowest BCUT2D eigenvalue weighted by Crippen LogP contribution is -2.30. The zero-order valence-electron chi connectivity index (χ0n) is 12.0. The lowest BCUT2D eigenvalue weighted by Gasteiger charge is -2.31. The van der Waals surface area contributed by atoms with Crippen LogP contribution in [-0.2, 0) is 13.0 Å². The van der Waals surface area contributed by atoms with Crippen LogP contribution in [0.15, 0.2) is 48.5 Å². The SMILES string of the molecule is CC[C@H](N)c1ccc(N2CCc3ccccc3C2)cc1. The smallest absolute Gasteiger partial charge is 0.0432 e. The minimum absolute atomic E-state index is 0.158. The fourth-order valence-corrected chi connectivity index (χ4v) is 2.88. The van der Waals surface area contributed by atoms with Gasteiger partial charge in [0, 0.05) is 24.8 Å². The molecule has 0 unspecified atom stereocenters. The first kappa shape index (κ1) is 13.2. The average molecular weight is 266 g/mol. The Bertz CT molecular complexity index is 574. The van der Waals surface area contributed by atoms with Crippen LogP contribution in [0.25, 0.3) is 0 Å². The van der Waals surface area contributed by atoms with Gasteiger partial charge in [-0.1, -0.05) is 43.3 Å². The van der Waals surface area contributed by atoms with Gasteiger partial charge in [0.1, 0.15) is 0 Å². The summed E-state index contributed by atoms with van der Waals surface area (Å²) in [7, 11) is 0. The van der Waals surface area contributed by atoms with Gasteiger partial charge >= 0.3 is 0 Å². The first-order chi connectivity index (χ1) is 9.78. The van der Waals surface area contributed by atoms with Crippen molar-refractivity contribution < 1.29 is 0 Å². The first-order valence-corrected chi connectivity index (χ1v) is 7.45. The predicted octanol–water partition coefficient (Wildman–Crippen LogP) is 3.66. The van der Waals surface area contributed by atoms with E-state index in [2.05, 4.69) is 60.4 Å². The maximum atomic E-state index is 6.07. The van der Waals surface area contributed by atoms with Crippen molar-refractivity contribution in [1.29, 1.82) is 0 Å². The number of hydrogen-bond donors (Lipinski definition) is 1. The van der Waals surface area contributed by atoms with Crippen LogP contribution in [0.1, 0.15) is 36.1 Å². The Morgan fingerprint density at radius 3 is 2.45 bits per heavy atom. The molecule has 2 nitrogen and oxygen atoms in total. The van der Waals surface area contributed by atoms with E-state index in [1.807, 2.05) is 0 Å². The van der Waals surface area contributed by atoms with Crippen LogP contribution in [-0.4, -0.2) is 6.54 Å². The maximum Gasteiger partial charge on any atom is 0.0432 e. The van der Waals surface area contributed by atoms with E-state index in [9.17, 15) is 0 Å². The van der Waals surface area contributed by atoms with Gasteiger partial charge in [0.15, 0.2) is 0 Å². The Balaban J connectivity index is 1.78. The Hall–Kier alpha value is -1.80. The van der Waals surface area contributed by atoms with Gasteiger partial charge in [-0.15, -0.1) is 0 Å². The van der Waals surface area contributed by atoms with E-state index in [1.165, 1.54) is 22.4 Å². The number of anilines is 1. The van der Waals surface area contributed by atoms with Gasteiger partial charge in [-0.2, -0.15) is 0 Å². The summed E-state index contributed by atoms with van der Waals surface area (Å²) in [5.74, 6) is 0. The molecule has 2 aromatic carbocycles. The molecule has 0 amide bonds. The molecule has 2 aromatic rings. The van der Waals surface area contributed by atoms with Gasteiger partial charge in [0.25, 0.3) is 0 Å². The fraction of sp³-hybridized carbons (Fsp3) is 0.333. The summed E-state index contributed by atoms with van der Waals surface area (Å²) in [5.41, 5.74) is 11.5. The number of hydrogen-bond acceptors (Lipinski definition) is 2. The molecule has 0 aromatic heterocycles. The number of fused-ring (bicyclic) bond motifs is 1. The Morgan fingerprint density at radius 1 is 1.05 bits per heavy atom. The highest BCUT2D eigenvalue weighted by Crippen LogP contribution is 2.25. The van der Waals surface area contributed by atoms with Crippen molar-refractivity contribution >= 4 is 5.69 Å². The van der Waals surface area contributed by atoms with Gasteiger partial charge in [-0.3, -0.25) is 0 Å². The van der Waals surface area contributed by atoms with Crippen LogP contribution >= 0.6 is 0 Å². The Morgan fingerprint density at radius 2 is 1.75 bits per heavy atom. The molecule has 1 aliphatic rings. The molecule has 1 atom stereocenters. The summed E-state index contributed by atoms with van der Waals surface area (Å²) in [6.07, 6.45) is 2.11. The normalized spacial score (nSPS) is 15.8. The molecule has 0 fully saturated rings. The maximum absolute atomic E-state index is 6.07. The first-order valence-electron chi connectivity index (χ1n) is 7.45. The van der Waals surface area contributed by atoms with Crippen LogP contribution in [0.5, 0.6) is 0 Å². The topological polar surface area (TPSA) is 29.3 Å². The van der Waals surface area contributed by atoms with E-state index in [0.717, 1.165) is 25.9 Å². The molecule has 0 aliphatic carbocycles. The summed E-state index contributed by atoms with van der Waals surface area (Å²) in [5, 5.41) is 0. The minimum Gasteiger partial charge on any atom is -0.367 e. The average Bonchev–Trinajstić information content (AvgIpc) is 2.54. The third kappa shape index (κ3) is 2.56. The van der Waals surface area contributed by atoms with Crippen molar-refractivity contribution in [2.45, 2.75) is 32.4 Å². The van der Waals surface area contributed by atoms with Crippen LogP contribution in [0.2, 0.25) is 0 Å². The van der Waals surface area contributed by atoms with Crippen LogP contribution in [0.3, 0.4) is 0 Å². The second-order valence-corrected chi connectivity index (χ2v) is 5.55. The molecular formula is C18H22N2. The minimum atomic E-state index is 0.158. The molecule has 2 N–H and O–H groups in total. The lowest BCUT2D eigenvalue weighted by atomic mass is 9.99. The van der Waals surface area contributed by atoms with Crippen molar-refractivity contribution in [2.24, 2.45) is 5.73 Å². The van der Waals surface area contributed by atoms with Gasteiger partial charge in [-0.05, 0) is 41.7 Å². The summed E-state index contributed by atoms with van der Waals surface area (Å²) in [6.45, 7) is 4.23. The molecular weight excluding hydrogens is 244 g/mol. The molecule has 0 bridgehead atoms. The Labute approximate surface area is 121 Å². The Kier molecular flexibility index (Phi) is 3.75. The van der Waals surface area contributed by atoms with Crippen molar-refractivity contribution in [3.8, 4) is 0 Å². The third-order valence-electron chi connectivity index (χ3n) is 4.26. The van der Waals surface area contributed by atoms with E-state index < -0.39 is 0 Å². The van der Waals surface area contributed by atoms with Gasteiger partial charge in [0.05, 0.1) is 0 Å². The molecule has 1 heterocycles. The molecule has 0 radical (unpaired) electrons. The molecule has 1 aliphatic heterocycles. The number of benzene rings is 2. The van der Waals surface area contributed by atoms with Crippen molar-refractivity contribution in [3.63, 3.8) is 0 Å². The molecule has 0 saturated heterocycles. The highest BCUT2D eigenvalue weighted by atomic mass is 15.1. The van der Waals surface area contributed by atoms with Crippen LogP contribution < -0.4 is 10.6 Å². The largest absolute Gasteiger partial charge is 0.367 e. The molecule has 3 rings (SSSR count). The molecule has 2 heteroatoms. The van der Waals surface area contributed by atoms with E-state index in [-0.39, 0.29) is 6.04 Å². The monoisotopic (exact) mass is 266 g/mol. The number of rotatable bonds is 3. The zero-order valence-corrected chi connectivity index (χ0v) is 12.0. The second kappa shape index (κ2) is 5.68. The van der Waals surface area contributed by atoms with Crippen LogP contribution in [0.4, 0.5) is 5.69 Å². The van der Waals surface area contributed by atoms with Crippen molar-refractivity contribution in [3.05, 3.63) is 65.2 Å². The van der Waals surface area contributed by atoms with E-state index in [4.69, 9.17) is 5.73 Å². The van der Waals surface area contributed by atoms with Crippen molar-refractivity contribution in [2.75, 3.05) is 11.4 Å². The van der Waals surface area contributed by atoms with Crippen molar-refractivity contribution in [1.82, 2.24) is 0 Å². The third-order valence-corrected chi connectivity index (χ3v) is 4.26. The number of nitrogens with zero attached hydrogens (tertiary/aromatic N) is 1. The van der Waals surface area contributed by atoms with Gasteiger partial charge in [0.2, 0.25) is 0 Å². The predicted molar refractivity (Wildman–Crippen MR) is 84.9 cm³/mol. The van der Waals surface area contributed by atoms with E-state index in [1.54, 1.807) is 0 Å². The number of nitrogens with two attached hydrogens (primary N) is 1. The highest BCUT2D eigenvalue weighted by Gasteiger charge is 2.16. The lowest BCUT2D eigenvalue weighted by molar-refractivity contribution is 0.697. The van der Waals surface area contributed by atoms with Crippen LogP contribution in [0, 0.1) is 0 Å². The zero-order chi connectivity index (χ0) is 13.9. The summed E-state index contributed by atoms with van der Waals surface area (Å²) in [4.78, 5) is 2.45. The molecule has 0 spiro atoms. The van der Waals surface area contributed by atoms with Gasteiger partial charge < -0.3 is 10.6 Å². The highest BCUT2D eigenvalue weighted by molar-refractivity contribution is 5.50. The summed E-state index contributed by atoms with van der Waals surface area (Å²) >= 11 is 0. The fourth-order valence-electron chi connectivity index (χ4n) is 2.88.